The van der Waals surface area contributed by atoms with E-state index in [4.69, 9.17) is 4.74 Å². The Balaban J connectivity index is 1.85. The number of aliphatic hydroxyl groups is 1. The molecule has 0 bridgehead atoms. The van der Waals surface area contributed by atoms with E-state index in [0.29, 0.717) is 6.61 Å². The van der Waals surface area contributed by atoms with Gasteiger partial charge >= 0.3 is 0 Å². The lowest BCUT2D eigenvalue weighted by Crippen LogP contribution is -2.01. The molecule has 3 heteroatoms. The molecule has 1 atom stereocenters. The highest BCUT2D eigenvalue weighted by Crippen LogP contribution is 2.30. The van der Waals surface area contributed by atoms with Crippen LogP contribution >= 0.6 is 11.3 Å². The van der Waals surface area contributed by atoms with E-state index in [9.17, 15) is 5.11 Å². The number of hydrogen-bond donors (Lipinski definition) is 1. The molecule has 0 aliphatic heterocycles. The number of thiophene rings is 1. The Morgan fingerprint density at radius 1 is 1.19 bits per heavy atom. The van der Waals surface area contributed by atoms with E-state index in [1.807, 2.05) is 31.2 Å². The van der Waals surface area contributed by atoms with Gasteiger partial charge in [0.05, 0.1) is 6.10 Å². The molecule has 1 N–H and O–H groups in total. The largest absolute Gasteiger partial charge is 0.488 e. The molecule has 0 saturated heterocycles. The number of aliphatic hydroxyl groups excluding tert-OH is 1. The highest BCUT2D eigenvalue weighted by molar-refractivity contribution is 7.17. The lowest BCUT2D eigenvalue weighted by molar-refractivity contribution is 0.190. The van der Waals surface area contributed by atoms with Crippen molar-refractivity contribution in [1.82, 2.24) is 0 Å². The first-order chi connectivity index (χ1) is 10.1. The molecule has 1 aromatic heterocycles. The van der Waals surface area contributed by atoms with Crippen LogP contribution in [0, 0.1) is 6.92 Å². The predicted molar refractivity (Wildman–Crippen MR) is 88.0 cm³/mol. The van der Waals surface area contributed by atoms with Crippen molar-refractivity contribution in [3.63, 3.8) is 0 Å². The third-order valence-corrected chi connectivity index (χ3v) is 4.57. The monoisotopic (exact) mass is 298 g/mol. The van der Waals surface area contributed by atoms with Crippen molar-refractivity contribution < 1.29 is 9.84 Å². The number of aryl methyl sites for hydroxylation is 1. The van der Waals surface area contributed by atoms with Crippen LogP contribution in [-0.4, -0.2) is 5.11 Å². The van der Waals surface area contributed by atoms with E-state index in [1.54, 1.807) is 18.3 Å². The third-order valence-electron chi connectivity index (χ3n) is 3.56. The molecule has 0 amide bonds. The number of hydrogen-bond acceptors (Lipinski definition) is 3. The summed E-state index contributed by atoms with van der Waals surface area (Å²) in [5, 5.41) is 13.3. The smallest absolute Gasteiger partial charge is 0.125 e. The summed E-state index contributed by atoms with van der Waals surface area (Å²) in [6, 6.07) is 14.3. The van der Waals surface area contributed by atoms with Crippen LogP contribution in [0.15, 0.2) is 47.8 Å². The Bertz CT molecular complexity index is 759. The molecular weight excluding hydrogens is 280 g/mol. The van der Waals surface area contributed by atoms with Gasteiger partial charge in [-0.3, -0.25) is 0 Å². The lowest BCUT2D eigenvalue weighted by atomic mass is 10.1. The molecule has 0 radical (unpaired) electrons. The molecule has 0 aliphatic carbocycles. The molecule has 21 heavy (non-hydrogen) atoms. The first-order valence-electron chi connectivity index (χ1n) is 7.01. The van der Waals surface area contributed by atoms with E-state index >= 15 is 0 Å². The summed E-state index contributed by atoms with van der Waals surface area (Å²) >= 11 is 1.73. The van der Waals surface area contributed by atoms with Crippen LogP contribution in [0.4, 0.5) is 0 Å². The number of fused-ring (bicyclic) bond motifs is 1. The van der Waals surface area contributed by atoms with Gasteiger partial charge in [-0.1, -0.05) is 29.8 Å². The zero-order chi connectivity index (χ0) is 14.8. The molecule has 0 aliphatic rings. The van der Waals surface area contributed by atoms with Crippen LogP contribution in [0.5, 0.6) is 5.75 Å². The van der Waals surface area contributed by atoms with E-state index in [2.05, 4.69) is 23.6 Å². The zero-order valence-electron chi connectivity index (χ0n) is 12.2. The third kappa shape index (κ3) is 2.94. The van der Waals surface area contributed by atoms with Crippen LogP contribution in [0.2, 0.25) is 0 Å². The van der Waals surface area contributed by atoms with E-state index in [0.717, 1.165) is 16.9 Å². The van der Waals surface area contributed by atoms with E-state index in [1.165, 1.54) is 15.6 Å². The van der Waals surface area contributed by atoms with Crippen molar-refractivity contribution >= 4 is 21.4 Å². The SMILES string of the molecule is Cc1ccc(OCc2csc3ccccc23)c([C@@H](C)O)c1. The van der Waals surface area contributed by atoms with Crippen molar-refractivity contribution in [3.05, 3.63) is 64.5 Å². The normalized spacial score (nSPS) is 12.5. The minimum Gasteiger partial charge on any atom is -0.488 e. The van der Waals surface area contributed by atoms with Crippen molar-refractivity contribution in [2.75, 3.05) is 0 Å². The Morgan fingerprint density at radius 3 is 2.81 bits per heavy atom. The standard InChI is InChI=1S/C18H18O2S/c1-12-7-8-17(16(9-12)13(2)19)20-10-14-11-21-18-6-4-3-5-15(14)18/h3-9,11,13,19H,10H2,1-2H3/t13-/m1/s1. The van der Waals surface area contributed by atoms with Gasteiger partial charge in [-0.05, 0) is 42.8 Å². The van der Waals surface area contributed by atoms with Gasteiger partial charge in [-0.25, -0.2) is 0 Å². The molecule has 1 heterocycles. The molecule has 3 rings (SSSR count). The number of rotatable bonds is 4. The summed E-state index contributed by atoms with van der Waals surface area (Å²) in [5.74, 6) is 0.755. The van der Waals surface area contributed by atoms with Crippen molar-refractivity contribution in [2.24, 2.45) is 0 Å². The first-order valence-corrected chi connectivity index (χ1v) is 7.89. The predicted octanol–water partition coefficient (Wildman–Crippen LogP) is 4.84. The minimum atomic E-state index is -0.529. The molecule has 3 aromatic rings. The highest BCUT2D eigenvalue weighted by Gasteiger charge is 2.11. The lowest BCUT2D eigenvalue weighted by Gasteiger charge is -2.14. The highest BCUT2D eigenvalue weighted by atomic mass is 32.1. The molecule has 0 fully saturated rings. The topological polar surface area (TPSA) is 29.5 Å². The van der Waals surface area contributed by atoms with Crippen LogP contribution in [0.25, 0.3) is 10.1 Å². The fourth-order valence-electron chi connectivity index (χ4n) is 2.43. The van der Waals surface area contributed by atoms with Gasteiger partial charge < -0.3 is 9.84 Å². The Kier molecular flexibility index (Phi) is 3.95. The Labute approximate surface area is 128 Å². The second-order valence-electron chi connectivity index (χ2n) is 5.26. The average molecular weight is 298 g/mol. The number of benzene rings is 2. The second-order valence-corrected chi connectivity index (χ2v) is 6.17. The van der Waals surface area contributed by atoms with E-state index < -0.39 is 6.10 Å². The van der Waals surface area contributed by atoms with Gasteiger partial charge in [-0.15, -0.1) is 11.3 Å². The summed E-state index contributed by atoms with van der Waals surface area (Å²) in [6.45, 7) is 4.30. The van der Waals surface area contributed by atoms with Gasteiger partial charge in [0, 0.05) is 15.8 Å². The van der Waals surface area contributed by atoms with Crippen molar-refractivity contribution in [1.29, 1.82) is 0 Å². The van der Waals surface area contributed by atoms with Crippen molar-refractivity contribution in [3.8, 4) is 5.75 Å². The van der Waals surface area contributed by atoms with Crippen LogP contribution in [0.1, 0.15) is 29.7 Å². The van der Waals surface area contributed by atoms with Crippen LogP contribution < -0.4 is 4.74 Å². The van der Waals surface area contributed by atoms with Gasteiger partial charge in [0.1, 0.15) is 12.4 Å². The molecule has 0 saturated carbocycles. The maximum Gasteiger partial charge on any atom is 0.125 e. The zero-order valence-corrected chi connectivity index (χ0v) is 13.0. The summed E-state index contributed by atoms with van der Waals surface area (Å²) in [4.78, 5) is 0. The summed E-state index contributed by atoms with van der Waals surface area (Å²) in [5.41, 5.74) is 3.15. The van der Waals surface area contributed by atoms with Gasteiger partial charge in [0.2, 0.25) is 0 Å². The molecule has 2 aromatic carbocycles. The quantitative estimate of drug-likeness (QED) is 0.746. The molecule has 2 nitrogen and oxygen atoms in total. The molecular formula is C18H18O2S. The molecule has 0 spiro atoms. The van der Waals surface area contributed by atoms with Crippen LogP contribution in [0.3, 0.4) is 0 Å². The van der Waals surface area contributed by atoms with Gasteiger partial charge in [-0.2, -0.15) is 0 Å². The average Bonchev–Trinajstić information content (AvgIpc) is 2.89. The molecule has 108 valence electrons. The second kappa shape index (κ2) is 5.88. The summed E-state index contributed by atoms with van der Waals surface area (Å²) in [6.07, 6.45) is -0.529. The fourth-order valence-corrected chi connectivity index (χ4v) is 3.37. The molecule has 0 unspecified atom stereocenters. The fraction of sp³-hybridized carbons (Fsp3) is 0.222. The van der Waals surface area contributed by atoms with E-state index in [-0.39, 0.29) is 0 Å². The maximum absolute atomic E-state index is 9.88. The van der Waals surface area contributed by atoms with Gasteiger partial charge in [0.15, 0.2) is 0 Å². The minimum absolute atomic E-state index is 0.521. The Morgan fingerprint density at radius 2 is 2.00 bits per heavy atom. The maximum atomic E-state index is 9.88. The van der Waals surface area contributed by atoms with Gasteiger partial charge in [0.25, 0.3) is 0 Å². The van der Waals surface area contributed by atoms with Crippen LogP contribution in [-0.2, 0) is 6.61 Å². The Hall–Kier alpha value is -1.84. The summed E-state index contributed by atoms with van der Waals surface area (Å²) in [7, 11) is 0. The first kappa shape index (κ1) is 14.1. The van der Waals surface area contributed by atoms with Crippen molar-refractivity contribution in [2.45, 2.75) is 26.6 Å². The number of ether oxygens (including phenoxy) is 1. The summed E-state index contributed by atoms with van der Waals surface area (Å²) < 4.78 is 7.23.